The highest BCUT2D eigenvalue weighted by molar-refractivity contribution is 5.59. The van der Waals surface area contributed by atoms with Crippen molar-refractivity contribution in [3.8, 4) is 11.3 Å². The molecular weight excluding hydrogens is 333 g/mol. The summed E-state index contributed by atoms with van der Waals surface area (Å²) in [5.41, 5.74) is 5.40. The van der Waals surface area contributed by atoms with Gasteiger partial charge in [0.25, 0.3) is 0 Å². The number of benzene rings is 1. The van der Waals surface area contributed by atoms with Crippen LogP contribution in [0, 0.1) is 5.92 Å². The molecule has 4 nitrogen and oxygen atoms in total. The van der Waals surface area contributed by atoms with E-state index < -0.39 is 11.7 Å². The second kappa shape index (κ2) is 6.48. The lowest BCUT2D eigenvalue weighted by Crippen LogP contribution is -2.27. The summed E-state index contributed by atoms with van der Waals surface area (Å²) in [4.78, 5) is 5.48. The molecule has 1 aliphatic rings. The Morgan fingerprint density at radius 3 is 2.64 bits per heavy atom. The Hall–Kier alpha value is -2.41. The van der Waals surface area contributed by atoms with Crippen molar-refractivity contribution in [1.82, 2.24) is 5.06 Å². The number of nitrogens with zero attached hydrogens (tertiary/aromatic N) is 1. The minimum absolute atomic E-state index is 0.280. The SMILES string of the molecule is CC(C)CN1OC(N)=CC1c1ccc(-c2cccc(C(F)(F)F)c2)o1. The minimum atomic E-state index is -4.39. The second-order valence-electron chi connectivity index (χ2n) is 6.38. The summed E-state index contributed by atoms with van der Waals surface area (Å²) in [7, 11) is 0. The van der Waals surface area contributed by atoms with Gasteiger partial charge in [-0.1, -0.05) is 26.0 Å². The van der Waals surface area contributed by atoms with Crippen molar-refractivity contribution < 1.29 is 22.4 Å². The first-order valence-corrected chi connectivity index (χ1v) is 7.93. The summed E-state index contributed by atoms with van der Waals surface area (Å²) in [5.74, 6) is 1.56. The van der Waals surface area contributed by atoms with E-state index in [1.54, 1.807) is 29.3 Å². The van der Waals surface area contributed by atoms with E-state index >= 15 is 0 Å². The van der Waals surface area contributed by atoms with Crippen molar-refractivity contribution in [1.29, 1.82) is 0 Å². The molecule has 0 saturated heterocycles. The van der Waals surface area contributed by atoms with Crippen molar-refractivity contribution in [2.45, 2.75) is 26.1 Å². The predicted molar refractivity (Wildman–Crippen MR) is 86.8 cm³/mol. The zero-order chi connectivity index (χ0) is 18.2. The quantitative estimate of drug-likeness (QED) is 0.866. The second-order valence-corrected chi connectivity index (χ2v) is 6.38. The summed E-state index contributed by atoms with van der Waals surface area (Å²) < 4.78 is 44.4. The van der Waals surface area contributed by atoms with Gasteiger partial charge in [0.05, 0.1) is 5.56 Å². The first kappa shape index (κ1) is 17.4. The Balaban J connectivity index is 1.87. The molecule has 0 saturated carbocycles. The van der Waals surface area contributed by atoms with Gasteiger partial charge in [-0.05, 0) is 30.2 Å². The summed E-state index contributed by atoms with van der Waals surface area (Å²) in [5, 5.41) is 1.70. The molecule has 1 aromatic carbocycles. The van der Waals surface area contributed by atoms with Crippen LogP contribution in [0.3, 0.4) is 0 Å². The smallest absolute Gasteiger partial charge is 0.416 e. The van der Waals surface area contributed by atoms with Crippen LogP contribution in [0.1, 0.15) is 31.2 Å². The fourth-order valence-electron chi connectivity index (χ4n) is 2.71. The number of nitrogens with two attached hydrogens (primary N) is 1. The molecule has 0 aliphatic carbocycles. The molecule has 1 atom stereocenters. The molecule has 134 valence electrons. The summed E-state index contributed by atoms with van der Waals surface area (Å²) in [6.45, 7) is 4.73. The van der Waals surface area contributed by atoms with Crippen LogP contribution in [0.4, 0.5) is 13.2 Å². The largest absolute Gasteiger partial charge is 0.459 e. The van der Waals surface area contributed by atoms with Gasteiger partial charge >= 0.3 is 6.18 Å². The van der Waals surface area contributed by atoms with Crippen molar-refractivity contribution in [2.75, 3.05) is 6.54 Å². The fraction of sp³-hybridized carbons (Fsp3) is 0.333. The van der Waals surface area contributed by atoms with E-state index in [4.69, 9.17) is 15.0 Å². The van der Waals surface area contributed by atoms with Crippen molar-refractivity contribution >= 4 is 0 Å². The molecule has 7 heteroatoms. The van der Waals surface area contributed by atoms with Crippen LogP contribution >= 0.6 is 0 Å². The molecule has 1 aromatic heterocycles. The molecule has 25 heavy (non-hydrogen) atoms. The maximum Gasteiger partial charge on any atom is 0.416 e. The molecule has 1 unspecified atom stereocenters. The van der Waals surface area contributed by atoms with E-state index in [0.29, 0.717) is 29.5 Å². The molecular formula is C18H19F3N2O2. The van der Waals surface area contributed by atoms with Crippen LogP contribution in [0.2, 0.25) is 0 Å². The van der Waals surface area contributed by atoms with Gasteiger partial charge in [0.15, 0.2) is 0 Å². The number of hydrogen-bond acceptors (Lipinski definition) is 4. The van der Waals surface area contributed by atoms with Gasteiger partial charge in [-0.25, -0.2) is 0 Å². The van der Waals surface area contributed by atoms with Gasteiger partial charge in [0.2, 0.25) is 5.88 Å². The third-order valence-electron chi connectivity index (χ3n) is 3.79. The van der Waals surface area contributed by atoms with E-state index in [-0.39, 0.29) is 11.9 Å². The molecule has 0 amide bonds. The first-order chi connectivity index (χ1) is 11.7. The highest BCUT2D eigenvalue weighted by Crippen LogP contribution is 2.36. The van der Waals surface area contributed by atoms with Crippen LogP contribution in [-0.2, 0) is 11.0 Å². The molecule has 0 spiro atoms. The van der Waals surface area contributed by atoms with Gasteiger partial charge in [-0.3, -0.25) is 0 Å². The average molecular weight is 352 g/mol. The van der Waals surface area contributed by atoms with Gasteiger partial charge in [0, 0.05) is 18.2 Å². The van der Waals surface area contributed by atoms with Crippen LogP contribution in [0.5, 0.6) is 0 Å². The normalized spacial score (nSPS) is 18.5. The Kier molecular flexibility index (Phi) is 4.51. The third kappa shape index (κ3) is 3.82. The first-order valence-electron chi connectivity index (χ1n) is 7.93. The van der Waals surface area contributed by atoms with Crippen LogP contribution < -0.4 is 5.73 Å². The molecule has 0 fully saturated rings. The highest BCUT2D eigenvalue weighted by atomic mass is 19.4. The third-order valence-corrected chi connectivity index (χ3v) is 3.79. The van der Waals surface area contributed by atoms with Crippen LogP contribution in [-0.4, -0.2) is 11.6 Å². The molecule has 0 radical (unpaired) electrons. The zero-order valence-electron chi connectivity index (χ0n) is 13.9. The van der Waals surface area contributed by atoms with E-state index in [1.807, 2.05) is 13.8 Å². The fourth-order valence-corrected chi connectivity index (χ4v) is 2.71. The predicted octanol–water partition coefficient (Wildman–Crippen LogP) is 4.71. The minimum Gasteiger partial charge on any atom is -0.459 e. The summed E-state index contributed by atoms with van der Waals surface area (Å²) in [6.07, 6.45) is -2.67. The van der Waals surface area contributed by atoms with E-state index in [0.717, 1.165) is 12.1 Å². The van der Waals surface area contributed by atoms with Gasteiger partial charge in [-0.2, -0.15) is 13.2 Å². The number of hydrogen-bond donors (Lipinski definition) is 1. The van der Waals surface area contributed by atoms with E-state index in [2.05, 4.69) is 0 Å². The maximum absolute atomic E-state index is 12.9. The van der Waals surface area contributed by atoms with E-state index in [9.17, 15) is 13.2 Å². The van der Waals surface area contributed by atoms with Crippen molar-refractivity contribution in [2.24, 2.45) is 11.7 Å². The van der Waals surface area contributed by atoms with Gasteiger partial charge < -0.3 is 15.0 Å². The van der Waals surface area contributed by atoms with Gasteiger partial charge in [0.1, 0.15) is 17.6 Å². The number of alkyl halides is 3. The Morgan fingerprint density at radius 2 is 1.96 bits per heavy atom. The molecule has 3 rings (SSSR count). The lowest BCUT2D eigenvalue weighted by Gasteiger charge is -2.22. The van der Waals surface area contributed by atoms with Crippen LogP contribution in [0.25, 0.3) is 11.3 Å². The van der Waals surface area contributed by atoms with Gasteiger partial charge in [-0.15, -0.1) is 5.06 Å². The summed E-state index contributed by atoms with van der Waals surface area (Å²) in [6, 6.07) is 8.13. The topological polar surface area (TPSA) is 51.6 Å². The Morgan fingerprint density at radius 1 is 1.20 bits per heavy atom. The van der Waals surface area contributed by atoms with Crippen LogP contribution in [0.15, 0.2) is 52.8 Å². The van der Waals surface area contributed by atoms with E-state index in [1.165, 1.54) is 6.07 Å². The molecule has 2 N–H and O–H groups in total. The number of hydroxylamine groups is 2. The number of furan rings is 1. The molecule has 2 heterocycles. The molecule has 2 aromatic rings. The lowest BCUT2D eigenvalue weighted by molar-refractivity contribution is -0.137. The maximum atomic E-state index is 12.9. The standard InChI is InChI=1S/C18H19F3N2O2/c1-11(2)10-23-14(9-17(22)25-23)16-7-6-15(24-16)12-4-3-5-13(8-12)18(19,20)21/h3-9,11,14H,10,22H2,1-2H3. The van der Waals surface area contributed by atoms with Crippen molar-refractivity contribution in [3.05, 3.63) is 59.7 Å². The molecule has 0 bridgehead atoms. The lowest BCUT2D eigenvalue weighted by atomic mass is 10.1. The number of rotatable bonds is 4. The highest BCUT2D eigenvalue weighted by Gasteiger charge is 2.32. The monoisotopic (exact) mass is 352 g/mol. The van der Waals surface area contributed by atoms with Crippen molar-refractivity contribution in [3.63, 3.8) is 0 Å². The Bertz CT molecular complexity index is 781. The molecule has 1 aliphatic heterocycles. The average Bonchev–Trinajstić information content (AvgIpc) is 3.13. The Labute approximate surface area is 143 Å². The zero-order valence-corrected chi connectivity index (χ0v) is 13.9. The number of halogens is 3. The summed E-state index contributed by atoms with van der Waals surface area (Å²) >= 11 is 0.